The summed E-state index contributed by atoms with van der Waals surface area (Å²) in [6, 6.07) is 3.45. The van der Waals surface area contributed by atoms with Crippen LogP contribution in [0.4, 0.5) is 14.5 Å². The van der Waals surface area contributed by atoms with Crippen LogP contribution in [0.5, 0.6) is 0 Å². The first-order valence-electron chi connectivity index (χ1n) is 4.85. The third-order valence-electron chi connectivity index (χ3n) is 1.65. The van der Waals surface area contributed by atoms with Crippen LogP contribution in [0.2, 0.25) is 0 Å². The number of benzene rings is 1. The van der Waals surface area contributed by atoms with Crippen molar-refractivity contribution in [1.82, 2.24) is 0 Å². The molecule has 0 atom stereocenters. The number of hydrogen-bond acceptors (Lipinski definition) is 1. The summed E-state index contributed by atoms with van der Waals surface area (Å²) in [5, 5.41) is 2.69. The fourth-order valence-electron chi connectivity index (χ4n) is 1.11. The fourth-order valence-corrected chi connectivity index (χ4v) is 1.11. The molecule has 88 valence electrons. The second-order valence-electron chi connectivity index (χ2n) is 4.42. The van der Waals surface area contributed by atoms with E-state index in [0.29, 0.717) is 5.69 Å². The van der Waals surface area contributed by atoms with Gasteiger partial charge in [-0.05, 0) is 32.9 Å². The van der Waals surface area contributed by atoms with Gasteiger partial charge in [0.2, 0.25) is 0 Å². The second kappa shape index (κ2) is 4.47. The van der Waals surface area contributed by atoms with E-state index in [2.05, 4.69) is 10.3 Å². The summed E-state index contributed by atoms with van der Waals surface area (Å²) in [5.41, 5.74) is 5.64. The Hall–Kier alpha value is -1.65. The molecule has 0 aromatic heterocycles. The Morgan fingerprint density at radius 2 is 1.88 bits per heavy atom. The van der Waals surface area contributed by atoms with E-state index in [9.17, 15) is 8.78 Å². The molecule has 0 saturated carbocycles. The molecule has 1 aromatic carbocycles. The first-order chi connectivity index (χ1) is 7.28. The third-order valence-corrected chi connectivity index (χ3v) is 1.65. The number of rotatable bonds is 1. The molecule has 0 radical (unpaired) electrons. The Morgan fingerprint density at radius 1 is 1.25 bits per heavy atom. The Kier molecular flexibility index (Phi) is 3.47. The van der Waals surface area contributed by atoms with Crippen molar-refractivity contribution in [2.75, 3.05) is 5.32 Å². The van der Waals surface area contributed by atoms with Gasteiger partial charge in [0.25, 0.3) is 0 Å². The molecular formula is C11H15F2N3. The van der Waals surface area contributed by atoms with Gasteiger partial charge in [-0.15, -0.1) is 0 Å². The average molecular weight is 227 g/mol. The van der Waals surface area contributed by atoms with Gasteiger partial charge in [-0.25, -0.2) is 13.8 Å². The van der Waals surface area contributed by atoms with Crippen LogP contribution in [0.1, 0.15) is 20.8 Å². The molecule has 0 saturated heterocycles. The first-order valence-corrected chi connectivity index (χ1v) is 4.85. The Bertz CT molecular complexity index is 408. The van der Waals surface area contributed by atoms with Gasteiger partial charge in [-0.2, -0.15) is 0 Å². The van der Waals surface area contributed by atoms with Crippen molar-refractivity contribution < 1.29 is 8.78 Å². The van der Waals surface area contributed by atoms with Crippen molar-refractivity contribution in [2.45, 2.75) is 26.3 Å². The maximum Gasteiger partial charge on any atom is 0.193 e. The van der Waals surface area contributed by atoms with Crippen molar-refractivity contribution in [2.24, 2.45) is 10.7 Å². The lowest BCUT2D eigenvalue weighted by Gasteiger charge is -2.14. The summed E-state index contributed by atoms with van der Waals surface area (Å²) >= 11 is 0. The summed E-state index contributed by atoms with van der Waals surface area (Å²) < 4.78 is 25.5. The van der Waals surface area contributed by atoms with Crippen LogP contribution in [0.3, 0.4) is 0 Å². The Labute approximate surface area is 93.4 Å². The molecule has 0 heterocycles. The van der Waals surface area contributed by atoms with E-state index in [-0.39, 0.29) is 11.5 Å². The lowest BCUT2D eigenvalue weighted by atomic mass is 10.1. The summed E-state index contributed by atoms with van der Waals surface area (Å²) in [5.74, 6) is -1.65. The number of halogens is 2. The van der Waals surface area contributed by atoms with Gasteiger partial charge >= 0.3 is 0 Å². The topological polar surface area (TPSA) is 50.4 Å². The second-order valence-corrected chi connectivity index (χ2v) is 4.42. The van der Waals surface area contributed by atoms with E-state index >= 15 is 0 Å². The molecule has 0 bridgehead atoms. The average Bonchev–Trinajstić information content (AvgIpc) is 2.08. The van der Waals surface area contributed by atoms with Crippen molar-refractivity contribution in [3.05, 3.63) is 29.8 Å². The van der Waals surface area contributed by atoms with E-state index in [0.717, 1.165) is 12.1 Å². The van der Waals surface area contributed by atoms with E-state index in [4.69, 9.17) is 5.73 Å². The van der Waals surface area contributed by atoms with Gasteiger partial charge in [0.05, 0.1) is 5.54 Å². The molecule has 0 aliphatic heterocycles. The van der Waals surface area contributed by atoms with E-state index < -0.39 is 11.6 Å². The van der Waals surface area contributed by atoms with Crippen LogP contribution in [0.25, 0.3) is 0 Å². The number of hydrogen-bond donors (Lipinski definition) is 2. The van der Waals surface area contributed by atoms with Gasteiger partial charge < -0.3 is 11.1 Å². The summed E-state index contributed by atoms with van der Waals surface area (Å²) in [6.45, 7) is 5.65. The molecule has 1 rings (SSSR count). The summed E-state index contributed by atoms with van der Waals surface area (Å²) in [6.07, 6.45) is 0. The molecule has 0 unspecified atom stereocenters. The van der Waals surface area contributed by atoms with E-state index in [1.165, 1.54) is 6.07 Å². The molecular weight excluding hydrogens is 212 g/mol. The third kappa shape index (κ3) is 3.84. The highest BCUT2D eigenvalue weighted by molar-refractivity contribution is 5.92. The predicted molar refractivity (Wildman–Crippen MR) is 61.4 cm³/mol. The molecule has 0 aliphatic rings. The Balaban J connectivity index is 2.81. The predicted octanol–water partition coefficient (Wildman–Crippen LogP) is 2.49. The molecule has 0 aliphatic carbocycles. The molecule has 0 amide bonds. The maximum absolute atomic E-state index is 12.9. The number of nitrogens with two attached hydrogens (primary N) is 1. The summed E-state index contributed by atoms with van der Waals surface area (Å²) in [4.78, 5) is 4.12. The van der Waals surface area contributed by atoms with E-state index in [1.807, 2.05) is 20.8 Å². The van der Waals surface area contributed by atoms with Crippen LogP contribution >= 0.6 is 0 Å². The zero-order valence-electron chi connectivity index (χ0n) is 9.51. The summed E-state index contributed by atoms with van der Waals surface area (Å²) in [7, 11) is 0. The minimum absolute atomic E-state index is 0.165. The van der Waals surface area contributed by atoms with Gasteiger partial charge in [0.1, 0.15) is 0 Å². The normalized spacial score (nSPS) is 12.7. The van der Waals surface area contributed by atoms with Crippen molar-refractivity contribution >= 4 is 11.6 Å². The van der Waals surface area contributed by atoms with Crippen LogP contribution in [-0.4, -0.2) is 11.5 Å². The Morgan fingerprint density at radius 3 is 2.38 bits per heavy atom. The fraction of sp³-hybridized carbons (Fsp3) is 0.364. The lowest BCUT2D eigenvalue weighted by molar-refractivity contribution is 0.509. The highest BCUT2D eigenvalue weighted by Gasteiger charge is 2.09. The first kappa shape index (κ1) is 12.4. The van der Waals surface area contributed by atoms with Gasteiger partial charge in [0.15, 0.2) is 17.6 Å². The largest absolute Gasteiger partial charge is 0.370 e. The van der Waals surface area contributed by atoms with Crippen molar-refractivity contribution in [1.29, 1.82) is 0 Å². The number of guanidine groups is 1. The maximum atomic E-state index is 12.9. The van der Waals surface area contributed by atoms with Gasteiger partial charge in [0, 0.05) is 11.8 Å². The smallest absolute Gasteiger partial charge is 0.193 e. The van der Waals surface area contributed by atoms with Crippen LogP contribution in [-0.2, 0) is 0 Å². The minimum Gasteiger partial charge on any atom is -0.370 e. The van der Waals surface area contributed by atoms with Gasteiger partial charge in [-0.1, -0.05) is 0 Å². The lowest BCUT2D eigenvalue weighted by Crippen LogP contribution is -2.27. The SMILES string of the molecule is CC(C)(C)N=C(N)Nc1ccc(F)c(F)c1. The molecule has 0 fully saturated rings. The van der Waals surface area contributed by atoms with Crippen molar-refractivity contribution in [3.8, 4) is 0 Å². The molecule has 3 N–H and O–H groups in total. The van der Waals surface area contributed by atoms with E-state index in [1.54, 1.807) is 0 Å². The zero-order chi connectivity index (χ0) is 12.3. The molecule has 3 nitrogen and oxygen atoms in total. The zero-order valence-corrected chi connectivity index (χ0v) is 9.51. The number of anilines is 1. The monoisotopic (exact) mass is 227 g/mol. The molecule has 5 heteroatoms. The number of nitrogens with zero attached hydrogens (tertiary/aromatic N) is 1. The molecule has 16 heavy (non-hydrogen) atoms. The van der Waals surface area contributed by atoms with Crippen LogP contribution in [0.15, 0.2) is 23.2 Å². The number of aliphatic imine (C=N–C) groups is 1. The molecule has 1 aromatic rings. The quantitative estimate of drug-likeness (QED) is 0.572. The van der Waals surface area contributed by atoms with Crippen molar-refractivity contribution in [3.63, 3.8) is 0 Å². The molecule has 0 spiro atoms. The van der Waals surface area contributed by atoms with Crippen LogP contribution < -0.4 is 11.1 Å². The standard InChI is InChI=1S/C11H15F2N3/c1-11(2,3)16-10(14)15-7-4-5-8(12)9(13)6-7/h4-6H,1-3H3,(H3,14,15,16). The minimum atomic E-state index is -0.923. The number of nitrogens with one attached hydrogen (secondary N) is 1. The highest BCUT2D eigenvalue weighted by atomic mass is 19.2. The highest BCUT2D eigenvalue weighted by Crippen LogP contribution is 2.13. The van der Waals surface area contributed by atoms with Gasteiger partial charge in [-0.3, -0.25) is 0 Å². The van der Waals surface area contributed by atoms with Crippen LogP contribution in [0, 0.1) is 11.6 Å².